The van der Waals surface area contributed by atoms with Crippen LogP contribution in [0.15, 0.2) is 18.2 Å². The maximum Gasteiger partial charge on any atom is 0.323 e. The topological polar surface area (TPSA) is 131 Å². The largest absolute Gasteiger partial charge is 0.462 e. The van der Waals surface area contributed by atoms with Gasteiger partial charge in [-0.15, -0.1) is 0 Å². The highest BCUT2D eigenvalue weighted by molar-refractivity contribution is 5.77. The molecule has 0 aromatic heterocycles. The third-order valence-corrected chi connectivity index (χ3v) is 4.61. The van der Waals surface area contributed by atoms with Crippen molar-refractivity contribution in [1.29, 1.82) is 0 Å². The SMILES string of the molecule is CCCC(=O)OC[C@H](C)OC(=O)[C@@H](N)Cc1ccc(OC(=O)CC(C)C)c(OC(=O)CC(C)C)c1. The second-order valence-electron chi connectivity index (χ2n) is 9.42. The Kier molecular flexibility index (Phi) is 13.0. The molecule has 0 saturated heterocycles. The molecule has 0 heterocycles. The summed E-state index contributed by atoms with van der Waals surface area (Å²) in [6.07, 6.45) is 0.815. The molecule has 0 unspecified atom stereocenters. The van der Waals surface area contributed by atoms with Gasteiger partial charge in [0.05, 0.1) is 0 Å². The molecule has 0 radical (unpaired) electrons. The average Bonchev–Trinajstić information content (AvgIpc) is 2.73. The van der Waals surface area contributed by atoms with Crippen LogP contribution in [0.25, 0.3) is 0 Å². The molecule has 1 aromatic rings. The Morgan fingerprint density at radius 3 is 1.97 bits per heavy atom. The lowest BCUT2D eigenvalue weighted by Crippen LogP contribution is -2.37. The van der Waals surface area contributed by atoms with Gasteiger partial charge in [0.1, 0.15) is 18.8 Å². The van der Waals surface area contributed by atoms with Crippen LogP contribution in [0.4, 0.5) is 0 Å². The fraction of sp³-hybridized carbons (Fsp3) is 0.615. The summed E-state index contributed by atoms with van der Waals surface area (Å²) in [6, 6.07) is 3.68. The highest BCUT2D eigenvalue weighted by Crippen LogP contribution is 2.30. The molecule has 0 aliphatic rings. The first-order valence-electron chi connectivity index (χ1n) is 12.1. The van der Waals surface area contributed by atoms with Crippen molar-refractivity contribution in [3.63, 3.8) is 0 Å². The molecule has 0 saturated carbocycles. The fourth-order valence-electron chi connectivity index (χ4n) is 2.98. The molecule has 35 heavy (non-hydrogen) atoms. The Hall–Kier alpha value is -2.94. The van der Waals surface area contributed by atoms with Gasteiger partial charge in [0.2, 0.25) is 0 Å². The monoisotopic (exact) mass is 493 g/mol. The van der Waals surface area contributed by atoms with Crippen molar-refractivity contribution < 1.29 is 38.1 Å². The Balaban J connectivity index is 2.88. The predicted molar refractivity (Wildman–Crippen MR) is 130 cm³/mol. The third-order valence-electron chi connectivity index (χ3n) is 4.61. The second-order valence-corrected chi connectivity index (χ2v) is 9.42. The van der Waals surface area contributed by atoms with Crippen LogP contribution < -0.4 is 15.2 Å². The van der Waals surface area contributed by atoms with Crippen LogP contribution in [0.2, 0.25) is 0 Å². The molecule has 9 nitrogen and oxygen atoms in total. The van der Waals surface area contributed by atoms with Crippen molar-refractivity contribution in [3.8, 4) is 11.5 Å². The van der Waals surface area contributed by atoms with Gasteiger partial charge in [0.25, 0.3) is 0 Å². The van der Waals surface area contributed by atoms with E-state index in [1.54, 1.807) is 13.0 Å². The number of hydrogen-bond donors (Lipinski definition) is 1. The van der Waals surface area contributed by atoms with Crippen molar-refractivity contribution in [2.75, 3.05) is 6.61 Å². The number of carbonyl (C=O) groups excluding carboxylic acids is 4. The Morgan fingerprint density at radius 1 is 0.857 bits per heavy atom. The van der Waals surface area contributed by atoms with Crippen LogP contribution in [0, 0.1) is 11.8 Å². The van der Waals surface area contributed by atoms with Crippen molar-refractivity contribution >= 4 is 23.9 Å². The summed E-state index contributed by atoms with van der Waals surface area (Å²) in [6.45, 7) is 11.0. The minimum absolute atomic E-state index is 0.0519. The number of nitrogens with two attached hydrogens (primary N) is 1. The first-order valence-corrected chi connectivity index (χ1v) is 12.1. The number of rotatable bonds is 14. The van der Waals surface area contributed by atoms with E-state index in [1.807, 2.05) is 34.6 Å². The smallest absolute Gasteiger partial charge is 0.323 e. The molecule has 0 bridgehead atoms. The lowest BCUT2D eigenvalue weighted by Gasteiger charge is -2.18. The number of carbonyl (C=O) groups is 4. The van der Waals surface area contributed by atoms with E-state index in [9.17, 15) is 19.2 Å². The van der Waals surface area contributed by atoms with Gasteiger partial charge in [0, 0.05) is 19.3 Å². The molecular formula is C26H39NO8. The summed E-state index contributed by atoms with van der Waals surface area (Å²) in [7, 11) is 0. The first-order chi connectivity index (χ1) is 16.4. The third kappa shape index (κ3) is 12.4. The Labute approximate surface area is 207 Å². The fourth-order valence-corrected chi connectivity index (χ4v) is 2.98. The zero-order chi connectivity index (χ0) is 26.5. The molecule has 1 aromatic carbocycles. The van der Waals surface area contributed by atoms with Gasteiger partial charge in [0.15, 0.2) is 11.5 Å². The normalized spacial score (nSPS) is 12.7. The van der Waals surface area contributed by atoms with Crippen LogP contribution in [0.3, 0.4) is 0 Å². The standard InChI is InChI=1S/C26H39NO8/c1-7-8-23(28)32-15-18(6)33-26(31)20(27)13-19-9-10-21(34-24(29)11-16(2)3)22(14-19)35-25(30)12-17(4)5/h9-10,14,16-18,20H,7-8,11-13,15,27H2,1-6H3/t18-,20-/m0/s1. The molecule has 196 valence electrons. The average molecular weight is 494 g/mol. The molecular weight excluding hydrogens is 454 g/mol. The Bertz CT molecular complexity index is 865. The minimum Gasteiger partial charge on any atom is -0.462 e. The zero-order valence-corrected chi connectivity index (χ0v) is 21.6. The van der Waals surface area contributed by atoms with Crippen LogP contribution in [0.5, 0.6) is 11.5 Å². The first kappa shape index (κ1) is 30.1. The number of ether oxygens (including phenoxy) is 4. The minimum atomic E-state index is -1.00. The van der Waals surface area contributed by atoms with E-state index in [4.69, 9.17) is 24.7 Å². The van der Waals surface area contributed by atoms with Crippen molar-refractivity contribution in [3.05, 3.63) is 23.8 Å². The van der Waals surface area contributed by atoms with Gasteiger partial charge >= 0.3 is 23.9 Å². The van der Waals surface area contributed by atoms with Crippen LogP contribution in [-0.2, 0) is 35.1 Å². The van der Waals surface area contributed by atoms with E-state index >= 15 is 0 Å². The molecule has 0 aliphatic heterocycles. The van der Waals surface area contributed by atoms with E-state index in [0.29, 0.717) is 18.4 Å². The maximum atomic E-state index is 12.4. The van der Waals surface area contributed by atoms with E-state index < -0.39 is 30.1 Å². The molecule has 0 aliphatic carbocycles. The van der Waals surface area contributed by atoms with Crippen LogP contribution in [0.1, 0.15) is 72.8 Å². The van der Waals surface area contributed by atoms with Gasteiger partial charge in [-0.05, 0) is 49.3 Å². The number of esters is 4. The van der Waals surface area contributed by atoms with Crippen LogP contribution >= 0.6 is 0 Å². The van der Waals surface area contributed by atoms with Crippen molar-refractivity contribution in [2.24, 2.45) is 17.6 Å². The van der Waals surface area contributed by atoms with E-state index in [2.05, 4.69) is 0 Å². The van der Waals surface area contributed by atoms with Crippen LogP contribution in [-0.4, -0.2) is 42.6 Å². The van der Waals surface area contributed by atoms with E-state index in [1.165, 1.54) is 12.1 Å². The molecule has 0 amide bonds. The summed E-state index contributed by atoms with van der Waals surface area (Å²) in [5.74, 6) is -1.52. The molecule has 0 fully saturated rings. The highest BCUT2D eigenvalue weighted by Gasteiger charge is 2.22. The molecule has 1 rings (SSSR count). The van der Waals surface area contributed by atoms with Gasteiger partial charge in [-0.2, -0.15) is 0 Å². The molecule has 2 atom stereocenters. The summed E-state index contributed by atoms with van der Waals surface area (Å²) in [4.78, 5) is 48.3. The maximum absolute atomic E-state index is 12.4. The number of hydrogen-bond acceptors (Lipinski definition) is 9. The van der Waals surface area contributed by atoms with Gasteiger partial charge in [-0.1, -0.05) is 40.7 Å². The second kappa shape index (κ2) is 15.1. The quantitative estimate of drug-likeness (QED) is 0.304. The lowest BCUT2D eigenvalue weighted by atomic mass is 10.1. The zero-order valence-electron chi connectivity index (χ0n) is 21.6. The summed E-state index contributed by atoms with van der Waals surface area (Å²) >= 11 is 0. The molecule has 2 N–H and O–H groups in total. The van der Waals surface area contributed by atoms with Gasteiger partial charge in [-0.3, -0.25) is 19.2 Å². The predicted octanol–water partition coefficient (Wildman–Crippen LogP) is 3.73. The summed E-state index contributed by atoms with van der Waals surface area (Å²) < 4.78 is 21.2. The van der Waals surface area contributed by atoms with Crippen molar-refractivity contribution in [2.45, 2.75) is 85.8 Å². The molecule has 9 heteroatoms. The van der Waals surface area contributed by atoms with E-state index in [-0.39, 0.29) is 55.2 Å². The van der Waals surface area contributed by atoms with E-state index in [0.717, 1.165) is 0 Å². The van der Waals surface area contributed by atoms with Gasteiger partial charge in [-0.25, -0.2) is 0 Å². The Morgan fingerprint density at radius 2 is 1.43 bits per heavy atom. The highest BCUT2D eigenvalue weighted by atomic mass is 16.6. The summed E-state index contributed by atoms with van der Waals surface area (Å²) in [5.41, 5.74) is 6.61. The lowest BCUT2D eigenvalue weighted by molar-refractivity contribution is -0.159. The number of benzene rings is 1. The van der Waals surface area contributed by atoms with Gasteiger partial charge < -0.3 is 24.7 Å². The van der Waals surface area contributed by atoms with Crippen molar-refractivity contribution in [1.82, 2.24) is 0 Å². The molecule has 0 spiro atoms. The summed E-state index contributed by atoms with van der Waals surface area (Å²) in [5, 5.41) is 0.